The minimum atomic E-state index is -0.0748. The van der Waals surface area contributed by atoms with Gasteiger partial charge in [0.25, 0.3) is 0 Å². The maximum atomic E-state index is 10.2. The molecule has 26 heavy (non-hydrogen) atoms. The summed E-state index contributed by atoms with van der Waals surface area (Å²) in [6, 6.07) is 10.2. The molecular weight excluding hydrogens is 414 g/mol. The molecule has 5 nitrogen and oxygen atoms in total. The van der Waals surface area contributed by atoms with Crippen LogP contribution in [0.25, 0.3) is 0 Å². The van der Waals surface area contributed by atoms with E-state index in [1.54, 1.807) is 7.11 Å². The van der Waals surface area contributed by atoms with Crippen LogP contribution in [-0.2, 0) is 0 Å². The molecule has 136 valence electrons. The second-order valence-corrected chi connectivity index (χ2v) is 8.23. The number of aromatic nitrogens is 1. The summed E-state index contributed by atoms with van der Waals surface area (Å²) in [5, 5.41) is 11.3. The Morgan fingerprint density at radius 1 is 1.38 bits per heavy atom. The van der Waals surface area contributed by atoms with Crippen LogP contribution in [0.4, 0.5) is 0 Å². The monoisotopic (exact) mass is 433 g/mol. The molecule has 1 N–H and O–H groups in total. The highest BCUT2D eigenvalue weighted by Crippen LogP contribution is 2.50. The minimum Gasteiger partial charge on any atom is -0.503 e. The third-order valence-corrected chi connectivity index (χ3v) is 6.67. The molecule has 0 unspecified atom stereocenters. The molecule has 0 saturated carbocycles. The Hall–Kier alpha value is -1.73. The molecule has 0 spiro atoms. The van der Waals surface area contributed by atoms with Crippen molar-refractivity contribution >= 4 is 32.9 Å². The molecule has 2 aromatic rings. The number of fused-ring (bicyclic) bond motifs is 1. The number of amidine groups is 1. The van der Waals surface area contributed by atoms with Crippen LogP contribution in [0.2, 0.25) is 0 Å². The molecule has 3 atom stereocenters. The van der Waals surface area contributed by atoms with Crippen LogP contribution in [0.1, 0.15) is 36.7 Å². The van der Waals surface area contributed by atoms with Gasteiger partial charge in [0.05, 0.1) is 23.3 Å². The molecule has 3 heterocycles. The summed E-state index contributed by atoms with van der Waals surface area (Å²) >= 11 is 5.27. The summed E-state index contributed by atoms with van der Waals surface area (Å²) in [6.45, 7) is 2.21. The number of methoxy groups -OCH3 is 1. The number of ether oxygens (including phenoxy) is 1. The van der Waals surface area contributed by atoms with Crippen LogP contribution in [0, 0.1) is 0 Å². The van der Waals surface area contributed by atoms with Gasteiger partial charge in [-0.25, -0.2) is 0 Å². The Balaban J connectivity index is 1.83. The van der Waals surface area contributed by atoms with Crippen LogP contribution in [0.3, 0.4) is 0 Å². The quantitative estimate of drug-likeness (QED) is 0.766. The highest BCUT2D eigenvalue weighted by molar-refractivity contribution is 9.10. The van der Waals surface area contributed by atoms with Gasteiger partial charge in [-0.3, -0.25) is 9.98 Å². The molecule has 0 bridgehead atoms. The second kappa shape index (κ2) is 7.12. The fourth-order valence-corrected chi connectivity index (χ4v) is 5.43. The molecule has 1 saturated heterocycles. The molecule has 4 rings (SSSR count). The fourth-order valence-electron chi connectivity index (χ4n) is 3.63. The Bertz CT molecular complexity index is 846. The SMILES string of the molecule is CC[C@@H]1CSC2=N[C@H](c3ccccn3)[C@@H](c3cc(Br)c(O)c(OC)c3)N21. The van der Waals surface area contributed by atoms with Gasteiger partial charge >= 0.3 is 0 Å². The van der Waals surface area contributed by atoms with Gasteiger partial charge < -0.3 is 14.7 Å². The molecule has 0 amide bonds. The predicted molar refractivity (Wildman–Crippen MR) is 108 cm³/mol. The van der Waals surface area contributed by atoms with Gasteiger partial charge in [0.15, 0.2) is 16.7 Å². The summed E-state index contributed by atoms with van der Waals surface area (Å²) in [4.78, 5) is 12.0. The predicted octanol–water partition coefficient (Wildman–Crippen LogP) is 4.54. The lowest BCUT2D eigenvalue weighted by molar-refractivity contribution is 0.254. The average molecular weight is 434 g/mol. The lowest BCUT2D eigenvalue weighted by Crippen LogP contribution is -2.35. The summed E-state index contributed by atoms with van der Waals surface area (Å²) in [7, 11) is 1.57. The average Bonchev–Trinajstić information content (AvgIpc) is 3.23. The van der Waals surface area contributed by atoms with Crippen molar-refractivity contribution in [2.24, 2.45) is 4.99 Å². The number of aromatic hydroxyl groups is 1. The number of aliphatic imine (C=N–C) groups is 1. The molecule has 2 aliphatic heterocycles. The van der Waals surface area contributed by atoms with E-state index in [-0.39, 0.29) is 17.8 Å². The van der Waals surface area contributed by atoms with Gasteiger partial charge in [0.2, 0.25) is 0 Å². The largest absolute Gasteiger partial charge is 0.503 e. The maximum absolute atomic E-state index is 10.2. The van der Waals surface area contributed by atoms with E-state index in [1.807, 2.05) is 48.3 Å². The highest BCUT2D eigenvalue weighted by atomic mass is 79.9. The molecule has 1 aromatic heterocycles. The lowest BCUT2D eigenvalue weighted by atomic mass is 9.95. The molecule has 2 aliphatic rings. The van der Waals surface area contributed by atoms with E-state index in [0.717, 1.165) is 28.6 Å². The molecule has 7 heteroatoms. The van der Waals surface area contributed by atoms with Crippen molar-refractivity contribution in [2.75, 3.05) is 12.9 Å². The first-order chi connectivity index (χ1) is 12.6. The Morgan fingerprint density at radius 2 is 2.23 bits per heavy atom. The third kappa shape index (κ3) is 2.87. The van der Waals surface area contributed by atoms with Crippen molar-refractivity contribution in [2.45, 2.75) is 31.5 Å². The minimum absolute atomic E-state index is 0.0330. The number of hydrogen-bond acceptors (Lipinski definition) is 6. The third-order valence-electron chi connectivity index (χ3n) is 4.94. The van der Waals surface area contributed by atoms with Crippen molar-refractivity contribution in [1.29, 1.82) is 0 Å². The van der Waals surface area contributed by atoms with E-state index in [2.05, 4.69) is 32.7 Å². The first-order valence-electron chi connectivity index (χ1n) is 8.60. The number of pyridine rings is 1. The molecule has 0 radical (unpaired) electrons. The zero-order valence-electron chi connectivity index (χ0n) is 14.6. The van der Waals surface area contributed by atoms with Gasteiger partial charge in [-0.2, -0.15) is 0 Å². The summed E-state index contributed by atoms with van der Waals surface area (Å²) in [5.41, 5.74) is 2.01. The number of phenols is 1. The summed E-state index contributed by atoms with van der Waals surface area (Å²) < 4.78 is 6.00. The smallest absolute Gasteiger partial charge is 0.172 e. The van der Waals surface area contributed by atoms with Crippen LogP contribution in [-0.4, -0.2) is 39.1 Å². The summed E-state index contributed by atoms with van der Waals surface area (Å²) in [5.74, 6) is 1.63. The number of phenolic OH excluding ortho intramolecular Hbond substituents is 1. The van der Waals surface area contributed by atoms with E-state index in [1.165, 1.54) is 0 Å². The zero-order chi connectivity index (χ0) is 18.3. The first-order valence-corrected chi connectivity index (χ1v) is 10.4. The van der Waals surface area contributed by atoms with Crippen molar-refractivity contribution in [1.82, 2.24) is 9.88 Å². The lowest BCUT2D eigenvalue weighted by Gasteiger charge is -2.32. The van der Waals surface area contributed by atoms with Crippen LogP contribution >= 0.6 is 27.7 Å². The number of benzene rings is 1. The molecule has 1 aromatic carbocycles. The zero-order valence-corrected chi connectivity index (χ0v) is 17.0. The van der Waals surface area contributed by atoms with Crippen molar-refractivity contribution in [3.63, 3.8) is 0 Å². The Labute approximate surface area is 165 Å². The van der Waals surface area contributed by atoms with Gasteiger partial charge in [0.1, 0.15) is 6.04 Å². The fraction of sp³-hybridized carbons (Fsp3) is 0.368. The van der Waals surface area contributed by atoms with Crippen LogP contribution < -0.4 is 4.74 Å². The standard InChI is InChI=1S/C19H20BrN3O2S/c1-3-12-10-26-19-22-16(14-6-4-5-7-21-14)17(23(12)19)11-8-13(20)18(24)15(9-11)25-2/h4-9,12,16-17,24H,3,10H2,1-2H3/t12-,16-,17-/m1/s1. The Kier molecular flexibility index (Phi) is 4.84. The van der Waals surface area contributed by atoms with Crippen LogP contribution in [0.5, 0.6) is 11.5 Å². The van der Waals surface area contributed by atoms with Crippen molar-refractivity contribution < 1.29 is 9.84 Å². The van der Waals surface area contributed by atoms with Gasteiger partial charge in [0, 0.05) is 18.0 Å². The number of rotatable bonds is 4. The second-order valence-electron chi connectivity index (χ2n) is 6.39. The summed E-state index contributed by atoms with van der Waals surface area (Å²) in [6.07, 6.45) is 2.88. The maximum Gasteiger partial charge on any atom is 0.172 e. The van der Waals surface area contributed by atoms with E-state index >= 15 is 0 Å². The number of hydrogen-bond donors (Lipinski definition) is 1. The van der Waals surface area contributed by atoms with E-state index in [0.29, 0.717) is 16.3 Å². The first kappa shape index (κ1) is 17.7. The number of thioether (sulfide) groups is 1. The van der Waals surface area contributed by atoms with E-state index in [4.69, 9.17) is 9.73 Å². The topological polar surface area (TPSA) is 58.0 Å². The van der Waals surface area contributed by atoms with Gasteiger partial charge in [-0.1, -0.05) is 24.8 Å². The van der Waals surface area contributed by atoms with Crippen molar-refractivity contribution in [3.05, 3.63) is 52.3 Å². The van der Waals surface area contributed by atoms with E-state index in [9.17, 15) is 5.11 Å². The van der Waals surface area contributed by atoms with Gasteiger partial charge in [-0.15, -0.1) is 0 Å². The van der Waals surface area contributed by atoms with Crippen LogP contribution in [0.15, 0.2) is 46.0 Å². The normalized spacial score (nSPS) is 24.5. The number of nitrogens with zero attached hydrogens (tertiary/aromatic N) is 3. The van der Waals surface area contributed by atoms with E-state index < -0.39 is 0 Å². The van der Waals surface area contributed by atoms with Crippen molar-refractivity contribution in [3.8, 4) is 11.5 Å². The van der Waals surface area contributed by atoms with Gasteiger partial charge in [-0.05, 0) is 52.2 Å². The highest BCUT2D eigenvalue weighted by Gasteiger charge is 2.45. The molecule has 1 fully saturated rings. The molecular formula is C19H20BrN3O2S. The molecule has 0 aliphatic carbocycles. The Morgan fingerprint density at radius 3 is 2.92 bits per heavy atom. The number of halogens is 1.